The number of aryl methyl sites for hydroxylation is 1. The summed E-state index contributed by atoms with van der Waals surface area (Å²) in [5.41, 5.74) is -0.789. The van der Waals surface area contributed by atoms with Gasteiger partial charge in [0.25, 0.3) is 0 Å². The molecule has 0 bridgehead atoms. The van der Waals surface area contributed by atoms with Crippen LogP contribution in [0.5, 0.6) is 0 Å². The molecule has 6 aliphatic carbocycles. The molecule has 336 valence electrons. The molecule has 1 saturated heterocycles. The number of rotatable bonds is 10. The van der Waals surface area contributed by atoms with Crippen molar-refractivity contribution in [3.05, 3.63) is 11.6 Å². The minimum atomic E-state index is -1.15. The van der Waals surface area contributed by atoms with Crippen molar-refractivity contribution in [1.29, 1.82) is 0 Å². The van der Waals surface area contributed by atoms with Crippen LogP contribution in [0.3, 0.4) is 0 Å². The number of amides is 1. The van der Waals surface area contributed by atoms with Crippen LogP contribution in [0.1, 0.15) is 209 Å². The van der Waals surface area contributed by atoms with Gasteiger partial charge in [0, 0.05) is 29.5 Å². The van der Waals surface area contributed by atoms with Crippen molar-refractivity contribution in [2.24, 2.45) is 67.5 Å². The first kappa shape index (κ1) is 44.2. The van der Waals surface area contributed by atoms with Crippen molar-refractivity contribution >= 4 is 17.8 Å². The molecule has 1 aromatic heterocycles. The molecule has 1 N–H and O–H groups in total. The molecule has 9 nitrogen and oxygen atoms in total. The summed E-state index contributed by atoms with van der Waals surface area (Å²) in [4.78, 5) is 43.5. The molecule has 1 amide bonds. The molecule has 1 aliphatic heterocycles. The molecule has 0 aromatic carbocycles. The van der Waals surface area contributed by atoms with E-state index in [-0.39, 0.29) is 63.7 Å². The van der Waals surface area contributed by atoms with E-state index in [2.05, 4.69) is 95.8 Å². The van der Waals surface area contributed by atoms with Gasteiger partial charge in [-0.25, -0.2) is 0 Å². The van der Waals surface area contributed by atoms with Crippen LogP contribution in [0.15, 0.2) is 0 Å². The Hall–Kier alpha value is -2.45. The van der Waals surface area contributed by atoms with Gasteiger partial charge < -0.3 is 19.3 Å². The van der Waals surface area contributed by atoms with Gasteiger partial charge >= 0.3 is 11.9 Å². The molecule has 7 fully saturated rings. The van der Waals surface area contributed by atoms with E-state index in [1.54, 1.807) is 13.8 Å². The number of aromatic nitrogens is 3. The van der Waals surface area contributed by atoms with Crippen LogP contribution in [-0.2, 0) is 19.1 Å². The fourth-order valence-corrected chi connectivity index (χ4v) is 16.9. The summed E-state index contributed by atoms with van der Waals surface area (Å²) in [6, 6.07) is 0.744. The molecule has 13 atom stereocenters. The number of fused-ring (bicyclic) bond motifs is 7. The van der Waals surface area contributed by atoms with Crippen LogP contribution in [-0.4, -0.2) is 60.8 Å². The van der Waals surface area contributed by atoms with Crippen molar-refractivity contribution in [3.8, 4) is 0 Å². The summed E-state index contributed by atoms with van der Waals surface area (Å²) in [7, 11) is 0. The molecule has 0 radical (unpaired) electrons. The van der Waals surface area contributed by atoms with Gasteiger partial charge in [-0.05, 0) is 182 Å². The number of carboxylic acid groups (broad SMARTS) is 1. The highest BCUT2D eigenvalue weighted by molar-refractivity contribution is 5.85. The van der Waals surface area contributed by atoms with Gasteiger partial charge in [-0.1, -0.05) is 55.4 Å². The number of hydrogen-bond acceptors (Lipinski definition) is 6. The van der Waals surface area contributed by atoms with Gasteiger partial charge in [0.2, 0.25) is 5.91 Å². The predicted octanol–water partition coefficient (Wildman–Crippen LogP) is 11.3. The van der Waals surface area contributed by atoms with Crippen molar-refractivity contribution in [2.75, 3.05) is 0 Å². The second kappa shape index (κ2) is 14.5. The minimum absolute atomic E-state index is 0.110. The smallest absolute Gasteiger partial charge is 0.309 e. The van der Waals surface area contributed by atoms with E-state index in [1.807, 2.05) is 0 Å². The van der Waals surface area contributed by atoms with Gasteiger partial charge in [-0.2, -0.15) is 0 Å². The summed E-state index contributed by atoms with van der Waals surface area (Å²) in [5, 5.41) is 18.8. The lowest BCUT2D eigenvalue weighted by atomic mass is 9.32. The van der Waals surface area contributed by atoms with Crippen LogP contribution in [0.4, 0.5) is 0 Å². The Morgan fingerprint density at radius 3 is 2.15 bits per heavy atom. The fourth-order valence-electron chi connectivity index (χ4n) is 16.9. The van der Waals surface area contributed by atoms with E-state index in [0.717, 1.165) is 69.4 Å². The molecule has 4 unspecified atom stereocenters. The Kier molecular flexibility index (Phi) is 10.7. The van der Waals surface area contributed by atoms with Crippen LogP contribution in [0.25, 0.3) is 0 Å². The van der Waals surface area contributed by atoms with Crippen LogP contribution in [0.2, 0.25) is 0 Å². The Bertz CT molecular complexity index is 1860. The van der Waals surface area contributed by atoms with Gasteiger partial charge in [0.1, 0.15) is 17.8 Å². The first-order valence-corrected chi connectivity index (χ1v) is 24.5. The average molecular weight is 831 g/mol. The Labute approximate surface area is 362 Å². The maximum atomic E-state index is 15.9. The Morgan fingerprint density at radius 1 is 0.800 bits per heavy atom. The second-order valence-electron chi connectivity index (χ2n) is 24.9. The van der Waals surface area contributed by atoms with E-state index in [1.165, 1.54) is 38.5 Å². The van der Waals surface area contributed by atoms with E-state index >= 15 is 4.79 Å². The molecule has 0 spiro atoms. The number of carbonyl (C=O) groups is 3. The molecule has 7 aliphatic rings. The molecule has 6 saturated carbocycles. The summed E-state index contributed by atoms with van der Waals surface area (Å²) >= 11 is 0. The van der Waals surface area contributed by atoms with Crippen molar-refractivity contribution in [2.45, 2.75) is 223 Å². The lowest BCUT2D eigenvalue weighted by Crippen LogP contribution is -2.68. The first-order valence-electron chi connectivity index (χ1n) is 24.5. The van der Waals surface area contributed by atoms with Crippen molar-refractivity contribution < 1.29 is 24.2 Å². The van der Waals surface area contributed by atoms with E-state index < -0.39 is 11.4 Å². The SMILES string of the molecule is Cc1nnc(C(C)C)n1C(C)CC1CCC(C)N1C(=O)[C@]12CCC(C3(C)CC3)[C@@H]1[C@H]1CC[C@@H]3[C@@]4(C)CC[C@H](OC(=O)CC(C)(C)C(=O)O)C(C)(C)[C@@H]4CC[C@@]3(C)[C@]1(C)CC2. The third kappa shape index (κ3) is 6.41. The predicted molar refractivity (Wildman–Crippen MR) is 235 cm³/mol. The van der Waals surface area contributed by atoms with Crippen molar-refractivity contribution in [3.63, 3.8) is 0 Å². The number of carboxylic acids is 1. The average Bonchev–Trinajstić information content (AvgIpc) is 3.43. The van der Waals surface area contributed by atoms with Crippen molar-refractivity contribution in [1.82, 2.24) is 19.7 Å². The molecule has 9 heteroatoms. The monoisotopic (exact) mass is 831 g/mol. The zero-order valence-corrected chi connectivity index (χ0v) is 40.0. The van der Waals surface area contributed by atoms with Gasteiger partial charge in [0.15, 0.2) is 0 Å². The van der Waals surface area contributed by atoms with Gasteiger partial charge in [0.05, 0.1) is 17.3 Å². The quantitative estimate of drug-likeness (QED) is 0.234. The molecular formula is C51H82N4O5. The molecule has 1 aromatic rings. The number of esters is 1. The lowest BCUT2D eigenvalue weighted by molar-refractivity contribution is -0.252. The van der Waals surface area contributed by atoms with E-state index in [9.17, 15) is 14.7 Å². The van der Waals surface area contributed by atoms with Crippen LogP contribution < -0.4 is 0 Å². The summed E-state index contributed by atoms with van der Waals surface area (Å²) < 4.78 is 8.60. The largest absolute Gasteiger partial charge is 0.481 e. The third-order valence-electron chi connectivity index (χ3n) is 20.7. The molecule has 8 rings (SSSR count). The Balaban J connectivity index is 1.07. The number of hydrogen-bond donors (Lipinski definition) is 1. The number of carbonyl (C=O) groups excluding carboxylic acids is 2. The van der Waals surface area contributed by atoms with E-state index in [4.69, 9.17) is 4.74 Å². The molecule has 2 heterocycles. The number of aliphatic carboxylic acids is 1. The fraction of sp³-hybridized carbons (Fsp3) is 0.902. The number of likely N-dealkylation sites (tertiary alicyclic amines) is 1. The lowest BCUT2D eigenvalue weighted by Gasteiger charge is -2.73. The summed E-state index contributed by atoms with van der Waals surface area (Å²) in [6.45, 7) is 29.6. The van der Waals surface area contributed by atoms with E-state index in [0.29, 0.717) is 46.8 Å². The van der Waals surface area contributed by atoms with Gasteiger partial charge in [-0.15, -0.1) is 10.2 Å². The standard InChI is InChI=1S/C51H82N4O5/c1-30(2)42-53-52-33(5)54(42)32(4)28-34-15-14-31(3)55(34)43(57)51-23-18-35(47(10)24-25-47)41(51)36-16-17-38-48(11)21-20-39(60-40(56)29-45(6,7)44(58)59)46(8,9)37(48)19-22-50(38,13)49(36,12)26-27-51/h30-32,34-39,41H,14-29H2,1-13H3,(H,58,59)/t31?,32?,34?,35?,36-,37+,38-,39+,41-,48+,49-,50-,51+/m1/s1. The number of nitrogens with zero attached hydrogens (tertiary/aromatic N) is 4. The zero-order chi connectivity index (χ0) is 43.7. The zero-order valence-electron chi connectivity index (χ0n) is 40.0. The normalized spacial score (nSPS) is 42.1. The third-order valence-corrected chi connectivity index (χ3v) is 20.7. The molecule has 60 heavy (non-hydrogen) atoms. The topological polar surface area (TPSA) is 115 Å². The number of ether oxygens (including phenoxy) is 1. The maximum absolute atomic E-state index is 15.9. The van der Waals surface area contributed by atoms with Crippen LogP contribution in [0, 0.1) is 74.4 Å². The van der Waals surface area contributed by atoms with Gasteiger partial charge in [-0.3, -0.25) is 14.4 Å². The Morgan fingerprint density at radius 2 is 1.50 bits per heavy atom. The first-order chi connectivity index (χ1) is 27.9. The highest BCUT2D eigenvalue weighted by Crippen LogP contribution is 2.79. The highest BCUT2D eigenvalue weighted by Gasteiger charge is 2.74. The summed E-state index contributed by atoms with van der Waals surface area (Å²) in [6.07, 6.45) is 16.5. The molecular weight excluding hydrogens is 749 g/mol. The highest BCUT2D eigenvalue weighted by atomic mass is 16.5. The van der Waals surface area contributed by atoms with Crippen LogP contribution >= 0.6 is 0 Å². The maximum Gasteiger partial charge on any atom is 0.309 e. The summed E-state index contributed by atoms with van der Waals surface area (Å²) in [5.74, 6) is 4.10. The second-order valence-corrected chi connectivity index (χ2v) is 24.9. The minimum Gasteiger partial charge on any atom is -0.481 e.